The summed E-state index contributed by atoms with van der Waals surface area (Å²) < 4.78 is 0. The van der Waals surface area contributed by atoms with Crippen LogP contribution < -0.4 is 0 Å². The molecular formula is C31H58OS. The zero-order chi connectivity index (χ0) is 26.5. The number of rotatable bonds is 4. The van der Waals surface area contributed by atoms with Gasteiger partial charge >= 0.3 is 0 Å². The molecule has 0 unspecified atom stereocenters. The quantitative estimate of drug-likeness (QED) is 0.418. The minimum Gasteiger partial charge on any atom is -0.508 e. The Kier molecular flexibility index (Phi) is 38.6. The van der Waals surface area contributed by atoms with Crippen molar-refractivity contribution < 1.29 is 5.11 Å². The molecule has 0 heterocycles. The number of hydrogen-bond donors (Lipinski definition) is 2. The maximum Gasteiger partial charge on any atom is 0.118 e. The molecule has 0 saturated carbocycles. The lowest BCUT2D eigenvalue weighted by molar-refractivity contribution is 0.469. The van der Waals surface area contributed by atoms with Crippen molar-refractivity contribution in [1.29, 1.82) is 0 Å². The molecule has 0 aliphatic rings. The molecule has 194 valence electrons. The van der Waals surface area contributed by atoms with Gasteiger partial charge in [-0.15, -0.1) is 12.6 Å². The third-order valence-corrected chi connectivity index (χ3v) is 4.50. The molecule has 0 saturated heterocycles. The van der Waals surface area contributed by atoms with Crippen LogP contribution in [0.5, 0.6) is 5.75 Å². The van der Waals surface area contributed by atoms with E-state index in [0.29, 0.717) is 5.75 Å². The van der Waals surface area contributed by atoms with E-state index in [-0.39, 0.29) is 0 Å². The van der Waals surface area contributed by atoms with Crippen molar-refractivity contribution in [2.24, 2.45) is 5.92 Å². The van der Waals surface area contributed by atoms with E-state index in [1.165, 1.54) is 37.7 Å². The molecule has 1 nitrogen and oxygen atoms in total. The van der Waals surface area contributed by atoms with Crippen molar-refractivity contribution in [3.8, 4) is 5.75 Å². The fourth-order valence-corrected chi connectivity index (χ4v) is 1.94. The molecule has 33 heavy (non-hydrogen) atoms. The number of thiol groups is 1. The standard InChI is InChI=1S/C8H10O.C8H10S.C5H12.C4H10.2C3H8/c2*1-2-7-5-3-4-6-8(7)9;1-4-5(2)3;1-3-4-2;2*1-3-2/h2*3-6,9H,2H2,1H3;5H,4H2,1-3H3;3-4H2,1-2H3;2*3H2,1-2H3. The molecule has 0 atom stereocenters. The molecule has 0 amide bonds. The van der Waals surface area contributed by atoms with E-state index in [0.717, 1.165) is 29.2 Å². The monoisotopic (exact) mass is 478 g/mol. The Labute approximate surface area is 214 Å². The Balaban J connectivity index is -0.000000164. The second kappa shape index (κ2) is 32.8. The maximum absolute atomic E-state index is 9.11. The summed E-state index contributed by atoms with van der Waals surface area (Å²) in [7, 11) is 0. The highest BCUT2D eigenvalue weighted by molar-refractivity contribution is 7.80. The molecule has 0 aromatic heterocycles. The number of phenolic OH excluding ortho intramolecular Hbond substituents is 1. The number of benzene rings is 2. The molecule has 0 spiro atoms. The topological polar surface area (TPSA) is 20.2 Å². The first kappa shape index (κ1) is 38.8. The average molecular weight is 479 g/mol. The van der Waals surface area contributed by atoms with Gasteiger partial charge in [-0.2, -0.15) is 0 Å². The van der Waals surface area contributed by atoms with E-state index >= 15 is 0 Å². The summed E-state index contributed by atoms with van der Waals surface area (Å²) in [5.41, 5.74) is 2.33. The summed E-state index contributed by atoms with van der Waals surface area (Å²) in [6.07, 6.45) is 8.41. The maximum atomic E-state index is 9.11. The van der Waals surface area contributed by atoms with Crippen LogP contribution in [0.4, 0.5) is 0 Å². The van der Waals surface area contributed by atoms with Crippen LogP contribution in [0.1, 0.15) is 119 Å². The van der Waals surface area contributed by atoms with Crippen molar-refractivity contribution in [2.45, 2.75) is 126 Å². The lowest BCUT2D eigenvalue weighted by Gasteiger charge is -1.97. The van der Waals surface area contributed by atoms with Crippen LogP contribution in [0.2, 0.25) is 0 Å². The van der Waals surface area contributed by atoms with Crippen LogP contribution in [0.25, 0.3) is 0 Å². The molecule has 2 aromatic rings. The van der Waals surface area contributed by atoms with Crippen molar-refractivity contribution in [2.75, 3.05) is 0 Å². The van der Waals surface area contributed by atoms with Crippen LogP contribution in [0.15, 0.2) is 53.4 Å². The predicted molar refractivity (Wildman–Crippen MR) is 158 cm³/mol. The van der Waals surface area contributed by atoms with Crippen molar-refractivity contribution in [3.05, 3.63) is 59.7 Å². The predicted octanol–water partition coefficient (Wildman–Crippen LogP) is 11.2. The van der Waals surface area contributed by atoms with Crippen LogP contribution in [-0.2, 0) is 12.8 Å². The number of hydrogen-bond acceptors (Lipinski definition) is 2. The third kappa shape index (κ3) is 32.8. The van der Waals surface area contributed by atoms with Crippen molar-refractivity contribution in [1.82, 2.24) is 0 Å². The van der Waals surface area contributed by atoms with Gasteiger partial charge in [0.2, 0.25) is 0 Å². The first-order valence-corrected chi connectivity index (χ1v) is 13.7. The largest absolute Gasteiger partial charge is 0.508 e. The zero-order valence-electron chi connectivity index (χ0n) is 24.0. The van der Waals surface area contributed by atoms with Gasteiger partial charge in [0.15, 0.2) is 0 Å². The van der Waals surface area contributed by atoms with Crippen LogP contribution in [-0.4, -0.2) is 5.11 Å². The van der Waals surface area contributed by atoms with Gasteiger partial charge in [-0.3, -0.25) is 0 Å². The average Bonchev–Trinajstić information content (AvgIpc) is 2.82. The van der Waals surface area contributed by atoms with Crippen molar-refractivity contribution >= 4 is 12.6 Å². The SMILES string of the molecule is CCC.CCC.CCC(C)C.CCCC.CCc1ccccc1O.CCc1ccccc1S. The Bertz CT molecular complexity index is 543. The molecule has 2 heteroatoms. The van der Waals surface area contributed by atoms with Crippen LogP contribution >= 0.6 is 12.6 Å². The molecule has 0 aliphatic carbocycles. The number of aryl methyl sites for hydroxylation is 2. The number of para-hydroxylation sites is 1. The first-order chi connectivity index (χ1) is 15.7. The lowest BCUT2D eigenvalue weighted by atomic mass is 10.1. The second-order valence-electron chi connectivity index (χ2n) is 8.18. The summed E-state index contributed by atoms with van der Waals surface area (Å²) in [6, 6.07) is 15.5. The summed E-state index contributed by atoms with van der Waals surface area (Å²) in [6.45, 7) is 23.7. The molecule has 0 radical (unpaired) electrons. The number of phenols is 1. The number of unbranched alkanes of at least 4 members (excludes halogenated alkanes) is 1. The molecular weight excluding hydrogens is 420 g/mol. The summed E-state index contributed by atoms with van der Waals surface area (Å²) in [5, 5.41) is 9.11. The fraction of sp³-hybridized carbons (Fsp3) is 0.613. The minimum atomic E-state index is 0.403. The van der Waals surface area contributed by atoms with Gasteiger partial charge in [-0.25, -0.2) is 0 Å². The minimum absolute atomic E-state index is 0.403. The highest BCUT2D eigenvalue weighted by Gasteiger charge is 1.92. The summed E-state index contributed by atoms with van der Waals surface area (Å²) in [5.74, 6) is 1.29. The van der Waals surface area contributed by atoms with Gasteiger partial charge in [-0.05, 0) is 42.0 Å². The summed E-state index contributed by atoms with van der Waals surface area (Å²) in [4.78, 5) is 1.10. The lowest BCUT2D eigenvalue weighted by Crippen LogP contribution is -1.79. The van der Waals surface area contributed by atoms with Gasteiger partial charge in [0.25, 0.3) is 0 Å². The third-order valence-electron chi connectivity index (χ3n) is 4.06. The van der Waals surface area contributed by atoms with Crippen LogP contribution in [0.3, 0.4) is 0 Å². The highest BCUT2D eigenvalue weighted by Crippen LogP contribution is 2.15. The zero-order valence-corrected chi connectivity index (χ0v) is 24.9. The Morgan fingerprint density at radius 1 is 0.636 bits per heavy atom. The first-order valence-electron chi connectivity index (χ1n) is 13.2. The number of aromatic hydroxyl groups is 1. The fourth-order valence-electron chi connectivity index (χ4n) is 1.62. The Hall–Kier alpha value is -1.41. The molecule has 0 fully saturated rings. The normalized spacial score (nSPS) is 8.64. The van der Waals surface area contributed by atoms with Crippen molar-refractivity contribution in [3.63, 3.8) is 0 Å². The van der Waals surface area contributed by atoms with E-state index < -0.39 is 0 Å². The van der Waals surface area contributed by atoms with E-state index in [1.807, 2.05) is 43.3 Å². The van der Waals surface area contributed by atoms with Crippen LogP contribution in [0, 0.1) is 5.92 Å². The van der Waals surface area contributed by atoms with Gasteiger partial charge in [0, 0.05) is 4.90 Å². The van der Waals surface area contributed by atoms with Gasteiger partial charge in [0.1, 0.15) is 5.75 Å². The molecule has 2 aromatic carbocycles. The Morgan fingerprint density at radius 2 is 0.970 bits per heavy atom. The Morgan fingerprint density at radius 3 is 1.18 bits per heavy atom. The van der Waals surface area contributed by atoms with Gasteiger partial charge in [-0.1, -0.05) is 145 Å². The molecule has 2 rings (SSSR count). The van der Waals surface area contributed by atoms with Gasteiger partial charge < -0.3 is 5.11 Å². The molecule has 0 bridgehead atoms. The highest BCUT2D eigenvalue weighted by atomic mass is 32.1. The van der Waals surface area contributed by atoms with E-state index in [2.05, 4.69) is 87.9 Å². The molecule has 0 aliphatic heterocycles. The summed E-state index contributed by atoms with van der Waals surface area (Å²) >= 11 is 4.28. The second-order valence-corrected chi connectivity index (χ2v) is 8.66. The molecule has 1 N–H and O–H groups in total. The van der Waals surface area contributed by atoms with E-state index in [1.54, 1.807) is 6.07 Å². The van der Waals surface area contributed by atoms with E-state index in [9.17, 15) is 0 Å². The van der Waals surface area contributed by atoms with Gasteiger partial charge in [0.05, 0.1) is 0 Å². The van der Waals surface area contributed by atoms with E-state index in [4.69, 9.17) is 5.11 Å². The smallest absolute Gasteiger partial charge is 0.118 e.